The number of ether oxygens (including phenoxy) is 2. The highest BCUT2D eigenvalue weighted by molar-refractivity contribution is 5.96. The molecule has 0 saturated carbocycles. The van der Waals surface area contributed by atoms with Gasteiger partial charge in [-0.2, -0.15) is 0 Å². The summed E-state index contributed by atoms with van der Waals surface area (Å²) in [6.45, 7) is 10.4. The summed E-state index contributed by atoms with van der Waals surface area (Å²) in [4.78, 5) is 55.4. The molecular formula is C31H38N4O6. The van der Waals surface area contributed by atoms with E-state index in [1.807, 2.05) is 37.4 Å². The first-order valence-corrected chi connectivity index (χ1v) is 13.6. The van der Waals surface area contributed by atoms with Crippen molar-refractivity contribution < 1.29 is 28.7 Å². The molecule has 2 amide bonds. The number of alkyl carbamates (subject to hydrolysis) is 1. The van der Waals surface area contributed by atoms with Gasteiger partial charge in [-0.15, -0.1) is 0 Å². The fourth-order valence-electron chi connectivity index (χ4n) is 4.98. The van der Waals surface area contributed by atoms with E-state index in [9.17, 15) is 19.2 Å². The Labute approximate surface area is 239 Å². The van der Waals surface area contributed by atoms with E-state index in [1.165, 1.54) is 7.11 Å². The van der Waals surface area contributed by atoms with Crippen LogP contribution in [0.15, 0.2) is 48.7 Å². The number of Topliss-reactive ketones (excluding diaryl/α,β-unsaturated/α-hetero) is 1. The number of methoxy groups -OCH3 is 1. The number of amides is 2. The zero-order valence-corrected chi connectivity index (χ0v) is 24.6. The van der Waals surface area contributed by atoms with E-state index in [0.717, 1.165) is 27.6 Å². The molecule has 0 spiro atoms. The SMILES string of the molecule is COC(=O)c1ccc2c(c1)CC(C(=O)C(C)c1c[nH]c3ccccc13)N(NC(=O)C(C)(C)NC(=O)OC(C)(C)C)C2. The van der Waals surface area contributed by atoms with Gasteiger partial charge in [-0.1, -0.05) is 31.2 Å². The van der Waals surface area contributed by atoms with Crippen molar-refractivity contribution in [2.75, 3.05) is 7.11 Å². The first kappa shape index (κ1) is 29.8. The maximum Gasteiger partial charge on any atom is 0.408 e. The van der Waals surface area contributed by atoms with Crippen LogP contribution in [0.1, 0.15) is 74.5 Å². The molecule has 0 bridgehead atoms. The zero-order valence-electron chi connectivity index (χ0n) is 24.6. The number of hydrogen-bond acceptors (Lipinski definition) is 7. The van der Waals surface area contributed by atoms with Crippen molar-refractivity contribution in [2.24, 2.45) is 0 Å². The summed E-state index contributed by atoms with van der Waals surface area (Å²) in [6.07, 6.45) is 1.39. The molecule has 2 unspecified atom stereocenters. The van der Waals surface area contributed by atoms with E-state index in [4.69, 9.17) is 9.47 Å². The average molecular weight is 563 g/mol. The van der Waals surface area contributed by atoms with Gasteiger partial charge in [0.25, 0.3) is 5.91 Å². The Bertz CT molecular complexity index is 1490. The minimum atomic E-state index is -1.34. The number of H-pyrrole nitrogens is 1. The molecule has 10 nitrogen and oxygen atoms in total. The van der Waals surface area contributed by atoms with Crippen LogP contribution in [0.5, 0.6) is 0 Å². The topological polar surface area (TPSA) is 130 Å². The van der Waals surface area contributed by atoms with Crippen LogP contribution < -0.4 is 10.7 Å². The van der Waals surface area contributed by atoms with Crippen LogP contribution >= 0.6 is 0 Å². The number of nitrogens with one attached hydrogen (secondary N) is 3. The van der Waals surface area contributed by atoms with Crippen LogP contribution in [0.2, 0.25) is 0 Å². The smallest absolute Gasteiger partial charge is 0.408 e. The van der Waals surface area contributed by atoms with Crippen molar-refractivity contribution in [2.45, 2.75) is 77.6 Å². The van der Waals surface area contributed by atoms with E-state index < -0.39 is 41.1 Å². The van der Waals surface area contributed by atoms with Gasteiger partial charge in [-0.25, -0.2) is 14.6 Å². The van der Waals surface area contributed by atoms with Crippen molar-refractivity contribution in [3.63, 3.8) is 0 Å². The molecule has 4 rings (SSSR count). The summed E-state index contributed by atoms with van der Waals surface area (Å²) in [6, 6.07) is 12.2. The number of ketones is 1. The van der Waals surface area contributed by atoms with E-state index >= 15 is 0 Å². The minimum Gasteiger partial charge on any atom is -0.465 e. The summed E-state index contributed by atoms with van der Waals surface area (Å²) in [5.74, 6) is -1.56. The zero-order chi connectivity index (χ0) is 30.1. The molecule has 0 radical (unpaired) electrons. The number of aromatic nitrogens is 1. The van der Waals surface area contributed by atoms with Crippen LogP contribution in [0, 0.1) is 0 Å². The normalized spacial score (nSPS) is 16.4. The van der Waals surface area contributed by atoms with Gasteiger partial charge in [-0.05, 0) is 75.9 Å². The highest BCUT2D eigenvalue weighted by atomic mass is 16.6. The summed E-state index contributed by atoms with van der Waals surface area (Å²) in [5, 5.41) is 5.19. The molecule has 0 fully saturated rings. The Kier molecular flexibility index (Phi) is 8.26. The lowest BCUT2D eigenvalue weighted by molar-refractivity contribution is -0.137. The van der Waals surface area contributed by atoms with Crippen molar-refractivity contribution in [1.29, 1.82) is 0 Å². The first-order chi connectivity index (χ1) is 19.2. The number of carbonyl (C=O) groups is 4. The Hall–Kier alpha value is -4.18. The van der Waals surface area contributed by atoms with Crippen molar-refractivity contribution in [3.8, 4) is 0 Å². The van der Waals surface area contributed by atoms with Crippen LogP contribution in [0.25, 0.3) is 10.9 Å². The van der Waals surface area contributed by atoms with Crippen molar-refractivity contribution in [3.05, 3.63) is 70.9 Å². The molecule has 41 heavy (non-hydrogen) atoms. The molecule has 0 saturated heterocycles. The van der Waals surface area contributed by atoms with Gasteiger partial charge in [0.1, 0.15) is 11.1 Å². The molecule has 2 aromatic carbocycles. The maximum atomic E-state index is 14.1. The van der Waals surface area contributed by atoms with Crippen LogP contribution in [-0.2, 0) is 32.0 Å². The molecule has 218 valence electrons. The van der Waals surface area contributed by atoms with Crippen LogP contribution in [-0.4, -0.2) is 58.0 Å². The minimum absolute atomic E-state index is 0.0953. The second kappa shape index (κ2) is 11.4. The molecule has 2 atom stereocenters. The Morgan fingerprint density at radius 1 is 1.02 bits per heavy atom. The monoisotopic (exact) mass is 562 g/mol. The Morgan fingerprint density at radius 2 is 1.73 bits per heavy atom. The second-order valence-corrected chi connectivity index (χ2v) is 11.9. The highest BCUT2D eigenvalue weighted by Crippen LogP contribution is 2.31. The van der Waals surface area contributed by atoms with Crippen LogP contribution in [0.4, 0.5) is 4.79 Å². The predicted molar refractivity (Wildman–Crippen MR) is 154 cm³/mol. The number of para-hydroxylation sites is 1. The lowest BCUT2D eigenvalue weighted by Gasteiger charge is -2.39. The fourth-order valence-corrected chi connectivity index (χ4v) is 4.98. The van der Waals surface area contributed by atoms with Crippen LogP contribution in [0.3, 0.4) is 0 Å². The van der Waals surface area contributed by atoms with Gasteiger partial charge in [-0.3, -0.25) is 15.0 Å². The van der Waals surface area contributed by atoms with Gasteiger partial charge in [0.15, 0.2) is 5.78 Å². The Balaban J connectivity index is 1.63. The van der Waals surface area contributed by atoms with Crippen molar-refractivity contribution >= 4 is 34.7 Å². The van der Waals surface area contributed by atoms with E-state index in [1.54, 1.807) is 57.8 Å². The van der Waals surface area contributed by atoms with Gasteiger partial charge in [0.2, 0.25) is 0 Å². The second-order valence-electron chi connectivity index (χ2n) is 11.9. The molecule has 1 aliphatic heterocycles. The lowest BCUT2D eigenvalue weighted by atomic mass is 9.85. The highest BCUT2D eigenvalue weighted by Gasteiger charge is 2.39. The molecule has 2 heterocycles. The van der Waals surface area contributed by atoms with Crippen molar-refractivity contribution in [1.82, 2.24) is 20.7 Å². The predicted octanol–water partition coefficient (Wildman–Crippen LogP) is 4.39. The molecule has 1 aliphatic rings. The third kappa shape index (κ3) is 6.59. The van der Waals surface area contributed by atoms with E-state index in [-0.39, 0.29) is 18.7 Å². The van der Waals surface area contributed by atoms with E-state index in [0.29, 0.717) is 5.56 Å². The number of aromatic amines is 1. The van der Waals surface area contributed by atoms with Gasteiger partial charge in [0, 0.05) is 29.6 Å². The summed E-state index contributed by atoms with van der Waals surface area (Å²) >= 11 is 0. The standard InChI is InChI=1S/C31H38N4O6/c1-18(23-16-32-24-11-9-8-10-22(23)24)26(36)25-15-21-14-19(27(37)40-7)12-13-20(21)17-35(25)34-28(38)31(5,6)33-29(39)41-30(2,3)4/h8-14,16,18,25,32H,15,17H2,1-7H3,(H,33,39)(H,34,38). The molecule has 1 aromatic heterocycles. The number of fused-ring (bicyclic) bond motifs is 2. The number of rotatable bonds is 7. The molecule has 0 aliphatic carbocycles. The first-order valence-electron chi connectivity index (χ1n) is 13.6. The number of hydrazine groups is 1. The quantitative estimate of drug-likeness (QED) is 0.364. The maximum absolute atomic E-state index is 14.1. The number of hydrogen-bond donors (Lipinski definition) is 3. The summed E-state index contributed by atoms with van der Waals surface area (Å²) < 4.78 is 10.2. The number of benzene rings is 2. The number of nitrogens with zero attached hydrogens (tertiary/aromatic N) is 1. The molecule has 3 N–H and O–H groups in total. The number of esters is 1. The van der Waals surface area contributed by atoms with Gasteiger partial charge < -0.3 is 19.8 Å². The fraction of sp³-hybridized carbons (Fsp3) is 0.419. The third-order valence-electron chi connectivity index (χ3n) is 7.23. The van der Waals surface area contributed by atoms with E-state index in [2.05, 4.69) is 15.7 Å². The largest absolute Gasteiger partial charge is 0.465 e. The average Bonchev–Trinajstić information content (AvgIpc) is 3.34. The number of carbonyl (C=O) groups excluding carboxylic acids is 4. The summed E-state index contributed by atoms with van der Waals surface area (Å²) in [5.41, 5.74) is 4.69. The Morgan fingerprint density at radius 3 is 2.41 bits per heavy atom. The van der Waals surface area contributed by atoms with Gasteiger partial charge >= 0.3 is 12.1 Å². The third-order valence-corrected chi connectivity index (χ3v) is 7.23. The molecule has 3 aromatic rings. The molecule has 10 heteroatoms. The lowest BCUT2D eigenvalue weighted by Crippen LogP contribution is -2.62. The summed E-state index contributed by atoms with van der Waals surface area (Å²) in [7, 11) is 1.32. The van der Waals surface area contributed by atoms with Gasteiger partial charge in [0.05, 0.1) is 18.7 Å². The molecular weight excluding hydrogens is 524 g/mol.